The Kier molecular flexibility index (Phi) is 7.41. The van der Waals surface area contributed by atoms with Gasteiger partial charge in [-0.1, -0.05) is 12.1 Å². The SMILES string of the molecule is CN=C(NCc1cccc(NC(=O)C2CCCO2)c1)NCC(C)(C)OC. The van der Waals surface area contributed by atoms with Gasteiger partial charge in [0.25, 0.3) is 5.91 Å². The Morgan fingerprint density at radius 1 is 1.38 bits per heavy atom. The highest BCUT2D eigenvalue weighted by Crippen LogP contribution is 2.16. The minimum atomic E-state index is -0.330. The molecule has 1 aromatic rings. The number of nitrogens with zero attached hydrogens (tertiary/aromatic N) is 1. The second-order valence-corrected chi connectivity index (χ2v) is 6.93. The first-order valence-electron chi connectivity index (χ1n) is 8.94. The van der Waals surface area contributed by atoms with Crippen LogP contribution in [0.2, 0.25) is 0 Å². The van der Waals surface area contributed by atoms with Crippen LogP contribution in [-0.4, -0.2) is 50.9 Å². The molecule has 0 spiro atoms. The molecule has 26 heavy (non-hydrogen) atoms. The fourth-order valence-electron chi connectivity index (χ4n) is 2.54. The molecule has 2 rings (SSSR count). The number of methoxy groups -OCH3 is 1. The minimum Gasteiger partial charge on any atom is -0.377 e. The van der Waals surface area contributed by atoms with Crippen LogP contribution in [0.15, 0.2) is 29.3 Å². The summed E-state index contributed by atoms with van der Waals surface area (Å²) in [5.74, 6) is 0.621. The number of hydrogen-bond donors (Lipinski definition) is 3. The largest absolute Gasteiger partial charge is 0.377 e. The van der Waals surface area contributed by atoms with Gasteiger partial charge in [0, 0.05) is 39.5 Å². The van der Waals surface area contributed by atoms with Gasteiger partial charge < -0.3 is 25.4 Å². The fourth-order valence-corrected chi connectivity index (χ4v) is 2.54. The molecule has 1 aliphatic heterocycles. The number of ether oxygens (including phenoxy) is 2. The third kappa shape index (κ3) is 6.31. The average molecular weight is 362 g/mol. The van der Waals surface area contributed by atoms with E-state index >= 15 is 0 Å². The van der Waals surface area contributed by atoms with E-state index in [9.17, 15) is 4.79 Å². The van der Waals surface area contributed by atoms with Crippen LogP contribution in [-0.2, 0) is 20.8 Å². The van der Waals surface area contributed by atoms with Crippen molar-refractivity contribution >= 4 is 17.6 Å². The number of rotatable bonds is 7. The predicted octanol–water partition coefficient (Wildman–Crippen LogP) is 1.89. The van der Waals surface area contributed by atoms with Gasteiger partial charge in [0.05, 0.1) is 5.60 Å². The van der Waals surface area contributed by atoms with Gasteiger partial charge in [-0.15, -0.1) is 0 Å². The molecule has 1 heterocycles. The van der Waals surface area contributed by atoms with E-state index in [2.05, 4.69) is 20.9 Å². The van der Waals surface area contributed by atoms with E-state index in [1.807, 2.05) is 38.1 Å². The molecule has 1 aliphatic rings. The highest BCUT2D eigenvalue weighted by Gasteiger charge is 2.23. The van der Waals surface area contributed by atoms with E-state index in [1.165, 1.54) is 0 Å². The number of benzene rings is 1. The van der Waals surface area contributed by atoms with Crippen LogP contribution in [0.25, 0.3) is 0 Å². The number of amides is 1. The molecule has 7 nitrogen and oxygen atoms in total. The first-order chi connectivity index (χ1) is 12.4. The lowest BCUT2D eigenvalue weighted by Gasteiger charge is -2.24. The molecular weight excluding hydrogens is 332 g/mol. The average Bonchev–Trinajstić information content (AvgIpc) is 3.17. The van der Waals surface area contributed by atoms with E-state index < -0.39 is 0 Å². The quantitative estimate of drug-likeness (QED) is 0.510. The molecule has 1 aromatic carbocycles. The molecule has 1 unspecified atom stereocenters. The van der Waals surface area contributed by atoms with Crippen molar-refractivity contribution in [1.82, 2.24) is 10.6 Å². The molecule has 1 atom stereocenters. The maximum absolute atomic E-state index is 12.2. The topological polar surface area (TPSA) is 84.0 Å². The Labute approximate surface area is 155 Å². The van der Waals surface area contributed by atoms with Crippen molar-refractivity contribution in [3.05, 3.63) is 29.8 Å². The maximum atomic E-state index is 12.2. The minimum absolute atomic E-state index is 0.0770. The molecule has 0 radical (unpaired) electrons. The summed E-state index contributed by atoms with van der Waals surface area (Å²) < 4.78 is 10.8. The summed E-state index contributed by atoms with van der Waals surface area (Å²) in [6, 6.07) is 7.75. The van der Waals surface area contributed by atoms with Crippen LogP contribution < -0.4 is 16.0 Å². The summed E-state index contributed by atoms with van der Waals surface area (Å²) >= 11 is 0. The van der Waals surface area contributed by atoms with Crippen molar-refractivity contribution < 1.29 is 14.3 Å². The summed E-state index contributed by atoms with van der Waals surface area (Å²) in [6.45, 7) is 5.91. The lowest BCUT2D eigenvalue weighted by Crippen LogP contribution is -2.45. The predicted molar refractivity (Wildman–Crippen MR) is 103 cm³/mol. The highest BCUT2D eigenvalue weighted by molar-refractivity contribution is 5.94. The smallest absolute Gasteiger partial charge is 0.253 e. The normalized spacial score (nSPS) is 17.8. The zero-order valence-corrected chi connectivity index (χ0v) is 16.1. The van der Waals surface area contributed by atoms with Gasteiger partial charge in [-0.2, -0.15) is 0 Å². The number of aliphatic imine (C=N–C) groups is 1. The molecule has 3 N–H and O–H groups in total. The number of nitrogens with one attached hydrogen (secondary N) is 3. The Balaban J connectivity index is 1.86. The van der Waals surface area contributed by atoms with Gasteiger partial charge in [-0.3, -0.25) is 9.79 Å². The lowest BCUT2D eigenvalue weighted by molar-refractivity contribution is -0.124. The third-order valence-electron chi connectivity index (χ3n) is 4.33. The first kappa shape index (κ1) is 20.2. The van der Waals surface area contributed by atoms with Crippen LogP contribution in [0.4, 0.5) is 5.69 Å². The molecule has 0 aliphatic carbocycles. The number of guanidine groups is 1. The van der Waals surface area contributed by atoms with Crippen LogP contribution in [0.1, 0.15) is 32.3 Å². The fraction of sp³-hybridized carbons (Fsp3) is 0.579. The number of hydrogen-bond acceptors (Lipinski definition) is 4. The van der Waals surface area contributed by atoms with Gasteiger partial charge >= 0.3 is 0 Å². The van der Waals surface area contributed by atoms with Crippen LogP contribution in [0, 0.1) is 0 Å². The zero-order chi connectivity index (χ0) is 19.0. The third-order valence-corrected chi connectivity index (χ3v) is 4.33. The molecule has 0 bridgehead atoms. The Hall–Kier alpha value is -2.12. The molecular formula is C19H30N4O3. The van der Waals surface area contributed by atoms with E-state index in [0.717, 1.165) is 24.1 Å². The Bertz CT molecular complexity index is 625. The summed E-state index contributed by atoms with van der Waals surface area (Å²) in [5.41, 5.74) is 1.54. The summed E-state index contributed by atoms with van der Waals surface area (Å²) in [6.07, 6.45) is 1.39. The zero-order valence-electron chi connectivity index (χ0n) is 16.1. The van der Waals surface area contributed by atoms with Crippen LogP contribution in [0.3, 0.4) is 0 Å². The van der Waals surface area contributed by atoms with Crippen molar-refractivity contribution in [3.63, 3.8) is 0 Å². The molecule has 7 heteroatoms. The molecule has 1 saturated heterocycles. The number of carbonyl (C=O) groups is 1. The van der Waals surface area contributed by atoms with E-state index in [-0.39, 0.29) is 17.6 Å². The van der Waals surface area contributed by atoms with Crippen molar-refractivity contribution in [1.29, 1.82) is 0 Å². The van der Waals surface area contributed by atoms with Crippen molar-refractivity contribution in [2.45, 2.75) is 44.9 Å². The summed E-state index contributed by atoms with van der Waals surface area (Å²) in [5, 5.41) is 9.43. The van der Waals surface area contributed by atoms with Gasteiger partial charge in [0.2, 0.25) is 0 Å². The Morgan fingerprint density at radius 3 is 2.85 bits per heavy atom. The molecule has 0 saturated carbocycles. The molecule has 0 aromatic heterocycles. The number of carbonyl (C=O) groups excluding carboxylic acids is 1. The Morgan fingerprint density at radius 2 is 2.19 bits per heavy atom. The summed E-state index contributed by atoms with van der Waals surface area (Å²) in [4.78, 5) is 16.4. The van der Waals surface area contributed by atoms with Gasteiger partial charge in [-0.05, 0) is 44.4 Å². The van der Waals surface area contributed by atoms with E-state index in [1.54, 1.807) is 14.2 Å². The van der Waals surface area contributed by atoms with Crippen molar-refractivity contribution in [2.24, 2.45) is 4.99 Å². The van der Waals surface area contributed by atoms with Gasteiger partial charge in [-0.25, -0.2) is 0 Å². The lowest BCUT2D eigenvalue weighted by atomic mass is 10.1. The molecule has 1 fully saturated rings. The standard InChI is InChI=1S/C19H30N4O3/c1-19(2,25-4)13-22-18(20-3)21-12-14-7-5-8-15(11-14)23-17(24)16-9-6-10-26-16/h5,7-8,11,16H,6,9-10,12-13H2,1-4H3,(H,23,24)(H2,20,21,22). The van der Waals surface area contributed by atoms with Gasteiger partial charge in [0.1, 0.15) is 6.10 Å². The molecule has 144 valence electrons. The second-order valence-electron chi connectivity index (χ2n) is 6.93. The maximum Gasteiger partial charge on any atom is 0.253 e. The highest BCUT2D eigenvalue weighted by atomic mass is 16.5. The van der Waals surface area contributed by atoms with Gasteiger partial charge in [0.15, 0.2) is 5.96 Å². The molecule has 1 amide bonds. The van der Waals surface area contributed by atoms with E-state index in [4.69, 9.17) is 9.47 Å². The first-order valence-corrected chi connectivity index (χ1v) is 8.94. The summed E-state index contributed by atoms with van der Waals surface area (Å²) in [7, 11) is 3.42. The van der Waals surface area contributed by atoms with Crippen molar-refractivity contribution in [3.8, 4) is 0 Å². The number of anilines is 1. The van der Waals surface area contributed by atoms with Crippen molar-refractivity contribution in [2.75, 3.05) is 32.6 Å². The van der Waals surface area contributed by atoms with E-state index in [0.29, 0.717) is 25.7 Å². The van der Waals surface area contributed by atoms with Crippen LogP contribution >= 0.6 is 0 Å². The van der Waals surface area contributed by atoms with Crippen LogP contribution in [0.5, 0.6) is 0 Å². The monoisotopic (exact) mass is 362 g/mol. The second kappa shape index (κ2) is 9.54.